The molecule has 0 spiro atoms. The van der Waals surface area contributed by atoms with Gasteiger partial charge < -0.3 is 5.73 Å². The third kappa shape index (κ3) is 3.29. The second kappa shape index (κ2) is 5.48. The van der Waals surface area contributed by atoms with Crippen LogP contribution in [0.15, 0.2) is 18.3 Å². The standard InChI is InChI=1S/C14H22N4/c1-10-5-11(2)8-18(7-10)9-12-3-4-17-13(6-12)14(15)16/h3-4,6,10-11H,5,7-9H2,1-2H3,(H3,15,16). The molecule has 1 aliphatic rings. The Labute approximate surface area is 109 Å². The highest BCUT2D eigenvalue weighted by Gasteiger charge is 2.21. The van der Waals surface area contributed by atoms with E-state index in [-0.39, 0.29) is 5.84 Å². The van der Waals surface area contributed by atoms with Crippen LogP contribution < -0.4 is 5.73 Å². The van der Waals surface area contributed by atoms with E-state index >= 15 is 0 Å². The van der Waals surface area contributed by atoms with Crippen LogP contribution in [0.25, 0.3) is 0 Å². The minimum absolute atomic E-state index is 0.0391. The van der Waals surface area contributed by atoms with E-state index in [9.17, 15) is 0 Å². The van der Waals surface area contributed by atoms with Crippen molar-refractivity contribution in [3.63, 3.8) is 0 Å². The van der Waals surface area contributed by atoms with Crippen molar-refractivity contribution in [2.24, 2.45) is 17.6 Å². The molecule has 2 rings (SSSR count). The highest BCUT2D eigenvalue weighted by Crippen LogP contribution is 2.22. The molecule has 0 amide bonds. The van der Waals surface area contributed by atoms with Crippen molar-refractivity contribution in [3.8, 4) is 0 Å². The summed E-state index contributed by atoms with van der Waals surface area (Å²) in [6, 6.07) is 3.93. The number of piperidine rings is 1. The van der Waals surface area contributed by atoms with E-state index in [0.29, 0.717) is 5.69 Å². The van der Waals surface area contributed by atoms with Crippen LogP contribution in [0.3, 0.4) is 0 Å². The van der Waals surface area contributed by atoms with E-state index in [4.69, 9.17) is 11.1 Å². The molecule has 2 unspecified atom stereocenters. The van der Waals surface area contributed by atoms with Crippen LogP contribution in [0.1, 0.15) is 31.5 Å². The number of pyridine rings is 1. The number of aromatic nitrogens is 1. The number of amidine groups is 1. The van der Waals surface area contributed by atoms with Crippen LogP contribution in [-0.4, -0.2) is 28.8 Å². The number of rotatable bonds is 3. The zero-order valence-corrected chi connectivity index (χ0v) is 11.2. The van der Waals surface area contributed by atoms with Crippen LogP contribution in [0.2, 0.25) is 0 Å². The van der Waals surface area contributed by atoms with Crippen molar-refractivity contribution in [3.05, 3.63) is 29.6 Å². The summed E-state index contributed by atoms with van der Waals surface area (Å²) in [7, 11) is 0. The molecule has 98 valence electrons. The molecule has 0 radical (unpaired) electrons. The summed E-state index contributed by atoms with van der Waals surface area (Å²) < 4.78 is 0. The van der Waals surface area contributed by atoms with E-state index in [0.717, 1.165) is 31.5 Å². The normalized spacial score (nSPS) is 25.0. The van der Waals surface area contributed by atoms with E-state index < -0.39 is 0 Å². The van der Waals surface area contributed by atoms with E-state index in [1.807, 2.05) is 12.1 Å². The Morgan fingerprint density at radius 2 is 2.11 bits per heavy atom. The van der Waals surface area contributed by atoms with E-state index in [1.54, 1.807) is 6.20 Å². The molecular weight excluding hydrogens is 224 g/mol. The van der Waals surface area contributed by atoms with Gasteiger partial charge in [-0.15, -0.1) is 0 Å². The molecule has 1 saturated heterocycles. The minimum atomic E-state index is 0.0391. The SMILES string of the molecule is CC1CC(C)CN(Cc2ccnc(C(=N)N)c2)C1. The van der Waals surface area contributed by atoms with Crippen molar-refractivity contribution in [1.29, 1.82) is 5.41 Å². The van der Waals surface area contributed by atoms with E-state index in [1.165, 1.54) is 12.0 Å². The van der Waals surface area contributed by atoms with Gasteiger partial charge in [-0.1, -0.05) is 13.8 Å². The molecule has 4 nitrogen and oxygen atoms in total. The van der Waals surface area contributed by atoms with Crippen LogP contribution >= 0.6 is 0 Å². The fourth-order valence-electron chi connectivity index (χ4n) is 2.90. The Balaban J connectivity index is 2.04. The van der Waals surface area contributed by atoms with Crippen molar-refractivity contribution in [1.82, 2.24) is 9.88 Å². The van der Waals surface area contributed by atoms with Crippen LogP contribution in [0.5, 0.6) is 0 Å². The Morgan fingerprint density at radius 3 is 2.72 bits per heavy atom. The van der Waals surface area contributed by atoms with Gasteiger partial charge in [0.15, 0.2) is 0 Å². The predicted molar refractivity (Wildman–Crippen MR) is 73.5 cm³/mol. The molecule has 1 aliphatic heterocycles. The molecule has 2 atom stereocenters. The van der Waals surface area contributed by atoms with Gasteiger partial charge in [0.05, 0.1) is 0 Å². The number of nitrogens with one attached hydrogen (secondary N) is 1. The number of hydrogen-bond acceptors (Lipinski definition) is 3. The van der Waals surface area contributed by atoms with Gasteiger partial charge in [0.1, 0.15) is 11.5 Å². The maximum absolute atomic E-state index is 7.42. The molecule has 0 bridgehead atoms. The summed E-state index contributed by atoms with van der Waals surface area (Å²) in [6.45, 7) is 7.87. The van der Waals surface area contributed by atoms with E-state index in [2.05, 4.69) is 23.7 Å². The molecule has 2 heterocycles. The minimum Gasteiger partial charge on any atom is -0.382 e. The van der Waals surface area contributed by atoms with Gasteiger partial charge in [-0.3, -0.25) is 15.3 Å². The molecule has 0 aliphatic carbocycles. The lowest BCUT2D eigenvalue weighted by Crippen LogP contribution is -2.38. The second-order valence-electron chi connectivity index (χ2n) is 5.60. The molecule has 4 heteroatoms. The number of hydrogen-bond donors (Lipinski definition) is 2. The number of likely N-dealkylation sites (tertiary alicyclic amines) is 1. The topological polar surface area (TPSA) is 66.0 Å². The summed E-state index contributed by atoms with van der Waals surface area (Å²) in [5.74, 6) is 1.57. The molecule has 3 N–H and O–H groups in total. The van der Waals surface area contributed by atoms with Gasteiger partial charge in [-0.2, -0.15) is 0 Å². The van der Waals surface area contributed by atoms with Crippen LogP contribution in [0.4, 0.5) is 0 Å². The Hall–Kier alpha value is -1.42. The Kier molecular flexibility index (Phi) is 3.97. The average molecular weight is 246 g/mol. The number of nitrogens with zero attached hydrogens (tertiary/aromatic N) is 2. The van der Waals surface area contributed by atoms with Gasteiger partial charge in [-0.25, -0.2) is 0 Å². The fourth-order valence-corrected chi connectivity index (χ4v) is 2.90. The monoisotopic (exact) mass is 246 g/mol. The zero-order valence-electron chi connectivity index (χ0n) is 11.2. The first-order valence-electron chi connectivity index (χ1n) is 6.56. The largest absolute Gasteiger partial charge is 0.382 e. The summed E-state index contributed by atoms with van der Waals surface area (Å²) in [6.07, 6.45) is 3.06. The summed E-state index contributed by atoms with van der Waals surface area (Å²) in [5, 5.41) is 7.42. The predicted octanol–water partition coefficient (Wildman–Crippen LogP) is 1.84. The first kappa shape index (κ1) is 13.0. The van der Waals surface area contributed by atoms with Gasteiger partial charge in [0.25, 0.3) is 0 Å². The van der Waals surface area contributed by atoms with Crippen molar-refractivity contribution in [2.75, 3.05) is 13.1 Å². The van der Waals surface area contributed by atoms with Gasteiger partial charge in [0, 0.05) is 25.8 Å². The maximum Gasteiger partial charge on any atom is 0.141 e. The second-order valence-corrected chi connectivity index (χ2v) is 5.60. The molecule has 1 fully saturated rings. The highest BCUT2D eigenvalue weighted by atomic mass is 15.1. The van der Waals surface area contributed by atoms with Gasteiger partial charge >= 0.3 is 0 Å². The lowest BCUT2D eigenvalue weighted by Gasteiger charge is -2.35. The first-order valence-corrected chi connectivity index (χ1v) is 6.56. The summed E-state index contributed by atoms with van der Waals surface area (Å²) in [4.78, 5) is 6.58. The molecule has 1 aromatic heterocycles. The molecular formula is C14H22N4. The highest BCUT2D eigenvalue weighted by molar-refractivity contribution is 5.93. The van der Waals surface area contributed by atoms with Crippen molar-refractivity contribution >= 4 is 5.84 Å². The molecule has 0 saturated carbocycles. The van der Waals surface area contributed by atoms with Gasteiger partial charge in [0.2, 0.25) is 0 Å². The Morgan fingerprint density at radius 1 is 1.44 bits per heavy atom. The van der Waals surface area contributed by atoms with Crippen LogP contribution in [0, 0.1) is 17.2 Å². The fraction of sp³-hybridized carbons (Fsp3) is 0.571. The molecule has 18 heavy (non-hydrogen) atoms. The first-order chi connectivity index (χ1) is 8.54. The third-order valence-corrected chi connectivity index (χ3v) is 3.45. The Bertz CT molecular complexity index is 420. The lowest BCUT2D eigenvalue weighted by molar-refractivity contribution is 0.134. The van der Waals surface area contributed by atoms with Gasteiger partial charge in [-0.05, 0) is 36.0 Å². The third-order valence-electron chi connectivity index (χ3n) is 3.45. The lowest BCUT2D eigenvalue weighted by atomic mass is 9.91. The average Bonchev–Trinajstić information content (AvgIpc) is 2.27. The van der Waals surface area contributed by atoms with Crippen LogP contribution in [-0.2, 0) is 6.54 Å². The molecule has 0 aromatic carbocycles. The molecule has 1 aromatic rings. The summed E-state index contributed by atoms with van der Waals surface area (Å²) >= 11 is 0. The zero-order chi connectivity index (χ0) is 13.1. The van der Waals surface area contributed by atoms with Crippen molar-refractivity contribution < 1.29 is 0 Å². The quantitative estimate of drug-likeness (QED) is 0.632. The number of nitrogen functional groups attached to an aromatic ring is 1. The van der Waals surface area contributed by atoms with Crippen molar-refractivity contribution in [2.45, 2.75) is 26.8 Å². The maximum atomic E-state index is 7.42. The number of nitrogens with two attached hydrogens (primary N) is 1. The smallest absolute Gasteiger partial charge is 0.141 e. The summed E-state index contributed by atoms with van der Waals surface area (Å²) in [5.41, 5.74) is 7.23.